The molecule has 786 valence electrons. The number of carbonyl (C=O) groups excluding carboxylic acids is 6. The van der Waals surface area contributed by atoms with Gasteiger partial charge in [-0.05, 0) is 189 Å². The third-order valence-electron chi connectivity index (χ3n) is 27.5. The first-order valence-electron chi connectivity index (χ1n) is 51.7. The molecule has 15 heterocycles. The highest BCUT2D eigenvalue weighted by Crippen LogP contribution is 2.32. The maximum absolute atomic E-state index is 13.5. The Hall–Kier alpha value is -9.95. The van der Waals surface area contributed by atoms with E-state index in [0.29, 0.717) is 49.0 Å². The zero-order valence-electron chi connectivity index (χ0n) is 86.3. The molecule has 3 unspecified atom stereocenters. The molecule has 8 aromatic rings. The number of carboxylic acid groups (broad SMARTS) is 1. The lowest BCUT2D eigenvalue weighted by Crippen LogP contribution is -2.47. The van der Waals surface area contributed by atoms with E-state index >= 15 is 0 Å². The molecule has 6 aromatic heterocycles. The third-order valence-corrected chi connectivity index (χ3v) is 27.7. The number of aromatic nitrogens is 12. The normalized spacial score (nSPS) is 19.6. The largest absolute Gasteiger partial charge is 0.480 e. The van der Waals surface area contributed by atoms with Crippen LogP contribution in [0.2, 0.25) is 0 Å². The van der Waals surface area contributed by atoms with Crippen LogP contribution in [-0.4, -0.2) is 429 Å². The van der Waals surface area contributed by atoms with Crippen molar-refractivity contribution in [3.05, 3.63) is 90.8 Å². The van der Waals surface area contributed by atoms with Crippen LogP contribution in [0.5, 0.6) is 0 Å². The summed E-state index contributed by atoms with van der Waals surface area (Å²) in [6.45, 7) is 62.7. The van der Waals surface area contributed by atoms with Gasteiger partial charge in [0.15, 0.2) is 50.9 Å². The number of hydrogen-bond acceptors (Lipinski definition) is 31. The van der Waals surface area contributed by atoms with E-state index in [2.05, 4.69) is 135 Å². The van der Waals surface area contributed by atoms with Crippen molar-refractivity contribution in [2.24, 2.45) is 0 Å². The maximum Gasteiger partial charge on any atom is 0.411 e. The minimum absolute atomic E-state index is 0.0501. The van der Waals surface area contributed by atoms with E-state index < -0.39 is 46.7 Å². The molecular weight excluding hydrogens is 1890 g/mol. The number of nitrogens with zero attached hydrogens (tertiary/aromatic N) is 26. The van der Waals surface area contributed by atoms with Crippen molar-refractivity contribution >= 4 is 145 Å². The highest BCUT2D eigenvalue weighted by atomic mass is 35.5. The summed E-state index contributed by atoms with van der Waals surface area (Å²) in [5, 5.41) is 20.8. The average Bonchev–Trinajstić information content (AvgIpc) is 1.65. The number of halogens is 3. The highest BCUT2D eigenvalue weighted by Gasteiger charge is 2.40. The fourth-order valence-electron chi connectivity index (χ4n) is 19.1. The fourth-order valence-corrected chi connectivity index (χ4v) is 19.2. The first kappa shape index (κ1) is 112. The number of alkyl halides is 2. The van der Waals surface area contributed by atoms with Crippen LogP contribution >= 0.6 is 34.8 Å². The number of imidazole rings is 3. The number of hydrogen-bond donors (Lipinski definition) is 5. The number of nitrogens with one attached hydrogen (secondary N) is 4. The number of aliphatic carboxylic acids is 1. The predicted octanol–water partition coefficient (Wildman–Crippen LogP) is 10.2. The van der Waals surface area contributed by atoms with Gasteiger partial charge in [0.05, 0.1) is 30.4 Å². The molecule has 43 heteroatoms. The Morgan fingerprint density at radius 1 is 0.385 bits per heavy atom. The van der Waals surface area contributed by atoms with Crippen molar-refractivity contribution in [2.75, 3.05) is 272 Å². The number of carbonyl (C=O) groups is 7. The van der Waals surface area contributed by atoms with E-state index in [1.54, 1.807) is 57.2 Å². The van der Waals surface area contributed by atoms with Gasteiger partial charge in [0.25, 0.3) is 11.1 Å². The zero-order valence-corrected chi connectivity index (χ0v) is 88.5. The Labute approximate surface area is 857 Å². The summed E-state index contributed by atoms with van der Waals surface area (Å²) in [7, 11) is 0. The number of ether oxygens (including phenoxy) is 2. The molecule has 0 bridgehead atoms. The van der Waals surface area contributed by atoms with Crippen molar-refractivity contribution in [2.45, 2.75) is 190 Å². The van der Waals surface area contributed by atoms with Crippen molar-refractivity contribution in [1.29, 1.82) is 0 Å². The second kappa shape index (κ2) is 55.6. The number of rotatable bonds is 29. The molecule has 5 amide bonds. The summed E-state index contributed by atoms with van der Waals surface area (Å²) < 4.78 is 17.0. The van der Waals surface area contributed by atoms with Crippen LogP contribution in [0.1, 0.15) is 162 Å². The van der Waals surface area contributed by atoms with E-state index in [9.17, 15) is 33.6 Å². The SMILES string of the molecule is CC(C)(C)OC(=O)N1CCCC1C(=O)O.CCN1CCN(CCCn2cnc3c(N4CCN(CC)CC4)nc(NC(=O)C4CCCN4)nc32)CC1.CCN1CCN(CCCn2cnc3c(N4CCN(CC)CC4)nc(NC(=O)C4CCCN4C(=O)OC(C)(C)C)nc32)CC1.CCN1CCN(CCCn2cnc3c(N4CCN(CC)CC4)nc(NC(=O)c4ccccc4)nc32)CC1.ClCCl.O=C(Cl)c1ccccc1. The van der Waals surface area contributed by atoms with Gasteiger partial charge in [-0.2, -0.15) is 29.9 Å². The number of fused-ring (bicyclic) bond motifs is 3. The molecule has 9 saturated heterocycles. The molecule has 9 fully saturated rings. The lowest BCUT2D eigenvalue weighted by atomic mass is 10.2. The monoisotopic (exact) mass is 2040 g/mol. The minimum atomic E-state index is -0.960. The number of carboxylic acids is 1. The van der Waals surface area contributed by atoms with Gasteiger partial charge in [0.1, 0.15) is 23.3 Å². The van der Waals surface area contributed by atoms with Crippen LogP contribution in [0, 0.1) is 0 Å². The van der Waals surface area contributed by atoms with Gasteiger partial charge in [-0.25, -0.2) is 29.3 Å². The van der Waals surface area contributed by atoms with E-state index in [1.807, 2.05) is 64.0 Å². The molecule has 3 atom stereocenters. The Kier molecular flexibility index (Phi) is 43.4. The molecule has 9 aliphatic heterocycles. The number of piperazine rings is 6. The number of amides is 5. The Balaban J connectivity index is 0.000000169. The van der Waals surface area contributed by atoms with Crippen LogP contribution < -0.4 is 36.0 Å². The van der Waals surface area contributed by atoms with Crippen LogP contribution in [-0.2, 0) is 43.5 Å². The number of benzene rings is 2. The minimum Gasteiger partial charge on any atom is -0.480 e. The molecule has 2 aromatic carbocycles. The summed E-state index contributed by atoms with van der Waals surface area (Å²) in [6, 6.07) is 16.4. The molecule has 9 aliphatic rings. The molecule has 143 heavy (non-hydrogen) atoms. The van der Waals surface area contributed by atoms with Gasteiger partial charge in [-0.15, -0.1) is 23.2 Å². The molecule has 17 rings (SSSR count). The zero-order chi connectivity index (χ0) is 102. The lowest BCUT2D eigenvalue weighted by Gasteiger charge is -2.34. The first-order chi connectivity index (χ1) is 69.0. The van der Waals surface area contributed by atoms with Crippen LogP contribution in [0.4, 0.5) is 44.9 Å². The summed E-state index contributed by atoms with van der Waals surface area (Å²) in [5.41, 5.74) is 4.62. The molecule has 5 N–H and O–H groups in total. The van der Waals surface area contributed by atoms with Gasteiger partial charge in [-0.1, -0.05) is 90.1 Å². The van der Waals surface area contributed by atoms with Crippen LogP contribution in [0.3, 0.4) is 0 Å². The number of aryl methyl sites for hydroxylation is 3. The van der Waals surface area contributed by atoms with Gasteiger partial charge in [0, 0.05) is 201 Å². The first-order valence-corrected chi connectivity index (χ1v) is 53.2. The van der Waals surface area contributed by atoms with Crippen LogP contribution in [0.15, 0.2) is 79.6 Å². The Morgan fingerprint density at radius 2 is 0.692 bits per heavy atom. The van der Waals surface area contributed by atoms with Crippen molar-refractivity contribution in [3.8, 4) is 0 Å². The Bertz CT molecular complexity index is 5310. The van der Waals surface area contributed by atoms with Gasteiger partial charge >= 0.3 is 18.2 Å². The molecule has 0 radical (unpaired) electrons. The quantitative estimate of drug-likeness (QED) is 0.0215. The van der Waals surface area contributed by atoms with E-state index in [0.717, 1.165) is 338 Å². The van der Waals surface area contributed by atoms with Crippen LogP contribution in [0.25, 0.3) is 33.5 Å². The topological polar surface area (TPSA) is 382 Å². The molecule has 0 aliphatic carbocycles. The molecule has 0 saturated carbocycles. The van der Waals surface area contributed by atoms with Gasteiger partial charge in [-0.3, -0.25) is 44.9 Å². The Morgan fingerprint density at radius 3 is 1.00 bits per heavy atom. The van der Waals surface area contributed by atoms with Gasteiger partial charge in [0.2, 0.25) is 29.7 Å². The molecule has 0 spiro atoms. The molecule has 40 nitrogen and oxygen atoms in total. The van der Waals surface area contributed by atoms with E-state index in [1.165, 1.54) is 9.80 Å². The highest BCUT2D eigenvalue weighted by molar-refractivity contribution is 6.67. The predicted molar refractivity (Wildman–Crippen MR) is 564 cm³/mol. The standard InChI is InChI=1S/C30H50N10O3.C27H39N9O.C25H42N10O.C10H17NO4.C7H5ClO.CH2Cl2/c1-6-35-14-16-37(17-15-35)11-9-12-39-22-31-24-25(38-20-18-36(7-2)19-21-38)32-28(33-26(24)39)34-27(41)23-10-8-13-40(23)29(42)43-30(3,4)5;1-3-32-13-15-34(16-14-32)11-8-12-36-21-28-23-24(35-19-17-33(4-2)18-20-35)29-27(30-25(23)36)31-26(37)22-9-6-5-7-10-22;1-3-31-11-13-33(14-12-31)9-6-10-35-19-27-21-22(34-17-15-32(4-2)16-18-34)28-25(29-23(21)35)30-24(36)20-7-5-8-26-20;1-10(2,3)15-9(14)11-6-4-5-7(11)8(12)13;8-7(9)6-4-2-1-3-5-6;2-1-3/h22-23H,6-21H2,1-5H3,(H,32,33,34,41);5-7,9-10,21H,3-4,8,11-20H2,1-2H3,(H,29,30,31,37);19-20,26H,3-18H2,1-2H3,(H,28,29,30,36);7H,4-6H2,1-3H3,(H,12,13);1-5H;1H2. The summed E-state index contributed by atoms with van der Waals surface area (Å²) in [5.74, 6) is 1.83. The second-order valence-electron chi connectivity index (χ2n) is 39.3. The number of likely N-dealkylation sites (N-methyl/N-ethyl adjacent to an activating group) is 6. The molecular formula is C100H155Cl3N30O10. The average molecular weight is 2040 g/mol. The maximum atomic E-state index is 13.5. The summed E-state index contributed by atoms with van der Waals surface area (Å²) >= 11 is 14.7. The lowest BCUT2D eigenvalue weighted by molar-refractivity contribution is -0.142. The fraction of sp³-hybridized carbons (Fsp3) is 0.660. The van der Waals surface area contributed by atoms with Crippen molar-refractivity contribution in [3.63, 3.8) is 0 Å². The van der Waals surface area contributed by atoms with Crippen molar-refractivity contribution in [1.82, 2.24) is 118 Å². The summed E-state index contributed by atoms with van der Waals surface area (Å²) in [4.78, 5) is 160. The van der Waals surface area contributed by atoms with E-state index in [4.69, 9.17) is 94.2 Å². The third kappa shape index (κ3) is 33.0. The van der Waals surface area contributed by atoms with Gasteiger partial charge < -0.3 is 92.4 Å². The summed E-state index contributed by atoms with van der Waals surface area (Å²) in [6.07, 6.45) is 12.1. The number of anilines is 6. The second-order valence-corrected chi connectivity index (χ2v) is 40.4. The van der Waals surface area contributed by atoms with Crippen molar-refractivity contribution < 1.29 is 48.1 Å². The number of likely N-dealkylation sites (tertiary alicyclic amines) is 2. The smallest absolute Gasteiger partial charge is 0.411 e. The van der Waals surface area contributed by atoms with E-state index in [-0.39, 0.29) is 35.1 Å².